The van der Waals surface area contributed by atoms with Gasteiger partial charge in [-0.2, -0.15) is 0 Å². The fourth-order valence-corrected chi connectivity index (χ4v) is 3.36. The van der Waals surface area contributed by atoms with E-state index in [1.807, 2.05) is 13.8 Å². The van der Waals surface area contributed by atoms with Gasteiger partial charge in [-0.1, -0.05) is 32.9 Å². The Bertz CT molecular complexity index is 657. The van der Waals surface area contributed by atoms with Crippen LogP contribution < -0.4 is 5.32 Å². The van der Waals surface area contributed by atoms with Gasteiger partial charge in [0.2, 0.25) is 17.7 Å². The molecule has 0 aliphatic carbocycles. The molecule has 0 bridgehead atoms. The van der Waals surface area contributed by atoms with Gasteiger partial charge in [0.25, 0.3) is 0 Å². The van der Waals surface area contributed by atoms with Gasteiger partial charge in [-0.3, -0.25) is 19.3 Å². The predicted octanol–water partition coefficient (Wildman–Crippen LogP) is 2.30. The highest BCUT2D eigenvalue weighted by Gasteiger charge is 2.48. The van der Waals surface area contributed by atoms with Crippen LogP contribution in [0.1, 0.15) is 39.2 Å². The summed E-state index contributed by atoms with van der Waals surface area (Å²) >= 11 is 0. The number of rotatable bonds is 7. The van der Waals surface area contributed by atoms with E-state index >= 15 is 0 Å². The summed E-state index contributed by atoms with van der Waals surface area (Å²) < 4.78 is 12.8. The quantitative estimate of drug-likeness (QED) is 0.769. The summed E-state index contributed by atoms with van der Waals surface area (Å²) in [4.78, 5) is 37.8. The number of amides is 3. The van der Waals surface area contributed by atoms with E-state index in [-0.39, 0.29) is 36.5 Å². The van der Waals surface area contributed by atoms with Crippen molar-refractivity contribution >= 4 is 17.7 Å². The molecule has 0 saturated carbocycles. The Kier molecular flexibility index (Phi) is 5.93. The van der Waals surface area contributed by atoms with Gasteiger partial charge in [0.15, 0.2) is 0 Å². The summed E-state index contributed by atoms with van der Waals surface area (Å²) in [6.07, 6.45) is 1.34. The molecule has 136 valence electrons. The lowest BCUT2D eigenvalue weighted by atomic mass is 9.80. The lowest BCUT2D eigenvalue weighted by molar-refractivity contribution is -0.144. The van der Waals surface area contributed by atoms with Gasteiger partial charge in [-0.05, 0) is 36.5 Å². The number of imide groups is 1. The molecule has 1 aromatic carbocycles. The molecule has 0 radical (unpaired) electrons. The molecule has 1 N–H and O–H groups in total. The Hall–Kier alpha value is -2.24. The van der Waals surface area contributed by atoms with Crippen LogP contribution in [0.2, 0.25) is 0 Å². The molecule has 1 fully saturated rings. The van der Waals surface area contributed by atoms with Crippen LogP contribution in [-0.4, -0.2) is 35.7 Å². The standard InChI is InChI=1S/C19H25FN2O3/c1-13(2)10-19(3)11-17(24)22(18(19)25)12-16(23)21-9-8-14-4-6-15(20)7-5-14/h4-7,13H,8-12H2,1-3H3,(H,21,23). The number of halogens is 1. The van der Waals surface area contributed by atoms with E-state index in [2.05, 4.69) is 5.32 Å². The number of nitrogens with zero attached hydrogens (tertiary/aromatic N) is 1. The molecule has 5 nitrogen and oxygen atoms in total. The third-order valence-corrected chi connectivity index (χ3v) is 4.41. The van der Waals surface area contributed by atoms with Crippen molar-refractivity contribution in [1.82, 2.24) is 10.2 Å². The largest absolute Gasteiger partial charge is 0.354 e. The van der Waals surface area contributed by atoms with Crippen molar-refractivity contribution in [2.24, 2.45) is 11.3 Å². The number of likely N-dealkylation sites (tertiary alicyclic amines) is 1. The van der Waals surface area contributed by atoms with Crippen molar-refractivity contribution in [2.45, 2.75) is 40.0 Å². The van der Waals surface area contributed by atoms with Crippen LogP contribution in [0.3, 0.4) is 0 Å². The normalized spacial score (nSPS) is 20.4. The number of benzene rings is 1. The third-order valence-electron chi connectivity index (χ3n) is 4.41. The second-order valence-electron chi connectivity index (χ2n) is 7.35. The van der Waals surface area contributed by atoms with Crippen LogP contribution in [0.25, 0.3) is 0 Å². The molecule has 3 amide bonds. The zero-order valence-electron chi connectivity index (χ0n) is 15.0. The van der Waals surface area contributed by atoms with E-state index in [4.69, 9.17) is 0 Å². The van der Waals surface area contributed by atoms with Gasteiger partial charge in [-0.15, -0.1) is 0 Å². The van der Waals surface area contributed by atoms with E-state index in [0.717, 1.165) is 10.5 Å². The first kappa shape index (κ1) is 19.1. The van der Waals surface area contributed by atoms with Crippen molar-refractivity contribution in [1.29, 1.82) is 0 Å². The molecule has 1 unspecified atom stereocenters. The minimum absolute atomic E-state index is 0.160. The highest BCUT2D eigenvalue weighted by molar-refractivity contribution is 6.07. The maximum absolute atomic E-state index is 12.8. The van der Waals surface area contributed by atoms with Crippen LogP contribution in [0.15, 0.2) is 24.3 Å². The molecule has 1 aliphatic heterocycles. The van der Waals surface area contributed by atoms with E-state index in [9.17, 15) is 18.8 Å². The van der Waals surface area contributed by atoms with Gasteiger partial charge < -0.3 is 5.32 Å². The Morgan fingerprint density at radius 3 is 2.52 bits per heavy atom. The Morgan fingerprint density at radius 2 is 1.92 bits per heavy atom. The van der Waals surface area contributed by atoms with Gasteiger partial charge in [0.05, 0.1) is 5.41 Å². The fourth-order valence-electron chi connectivity index (χ4n) is 3.36. The van der Waals surface area contributed by atoms with E-state index in [0.29, 0.717) is 25.3 Å². The molecule has 0 spiro atoms. The molecule has 1 atom stereocenters. The van der Waals surface area contributed by atoms with Crippen molar-refractivity contribution in [3.63, 3.8) is 0 Å². The van der Waals surface area contributed by atoms with Crippen molar-refractivity contribution in [3.8, 4) is 0 Å². The first-order chi connectivity index (χ1) is 11.7. The molecule has 1 saturated heterocycles. The predicted molar refractivity (Wildman–Crippen MR) is 92.0 cm³/mol. The lowest BCUT2D eigenvalue weighted by Crippen LogP contribution is -2.42. The highest BCUT2D eigenvalue weighted by atomic mass is 19.1. The van der Waals surface area contributed by atoms with Crippen LogP contribution in [0.5, 0.6) is 0 Å². The van der Waals surface area contributed by atoms with Crippen molar-refractivity contribution in [3.05, 3.63) is 35.6 Å². The molecule has 0 aromatic heterocycles. The van der Waals surface area contributed by atoms with Crippen LogP contribution >= 0.6 is 0 Å². The molecule has 1 aliphatic rings. The summed E-state index contributed by atoms with van der Waals surface area (Å²) in [6, 6.07) is 6.06. The summed E-state index contributed by atoms with van der Waals surface area (Å²) in [7, 11) is 0. The Balaban J connectivity index is 1.84. The van der Waals surface area contributed by atoms with Crippen LogP contribution in [-0.2, 0) is 20.8 Å². The smallest absolute Gasteiger partial charge is 0.240 e. The summed E-state index contributed by atoms with van der Waals surface area (Å²) in [5, 5.41) is 2.70. The second-order valence-corrected chi connectivity index (χ2v) is 7.35. The van der Waals surface area contributed by atoms with E-state index in [1.54, 1.807) is 19.1 Å². The maximum Gasteiger partial charge on any atom is 0.240 e. The fraction of sp³-hybridized carbons (Fsp3) is 0.526. The average Bonchev–Trinajstić information content (AvgIpc) is 2.71. The van der Waals surface area contributed by atoms with Gasteiger partial charge in [0, 0.05) is 13.0 Å². The number of hydrogen-bond donors (Lipinski definition) is 1. The second kappa shape index (κ2) is 7.76. The molecule has 6 heteroatoms. The molecule has 1 heterocycles. The minimum Gasteiger partial charge on any atom is -0.354 e. The molecular weight excluding hydrogens is 323 g/mol. The number of carbonyl (C=O) groups is 3. The minimum atomic E-state index is -0.709. The van der Waals surface area contributed by atoms with E-state index < -0.39 is 5.41 Å². The van der Waals surface area contributed by atoms with Crippen molar-refractivity contribution < 1.29 is 18.8 Å². The molecule has 2 rings (SSSR count). The summed E-state index contributed by atoms with van der Waals surface area (Å²) in [5.74, 6) is -0.922. The van der Waals surface area contributed by atoms with Crippen molar-refractivity contribution in [2.75, 3.05) is 13.1 Å². The van der Waals surface area contributed by atoms with Crippen LogP contribution in [0, 0.1) is 17.2 Å². The average molecular weight is 348 g/mol. The Morgan fingerprint density at radius 1 is 1.28 bits per heavy atom. The topological polar surface area (TPSA) is 66.5 Å². The molecular formula is C19H25FN2O3. The number of nitrogens with one attached hydrogen (secondary N) is 1. The van der Waals surface area contributed by atoms with Gasteiger partial charge >= 0.3 is 0 Å². The maximum atomic E-state index is 12.8. The first-order valence-corrected chi connectivity index (χ1v) is 8.57. The van der Waals surface area contributed by atoms with Crippen LogP contribution in [0.4, 0.5) is 4.39 Å². The zero-order chi connectivity index (χ0) is 18.6. The molecule has 25 heavy (non-hydrogen) atoms. The number of carbonyl (C=O) groups excluding carboxylic acids is 3. The number of hydrogen-bond acceptors (Lipinski definition) is 3. The van der Waals surface area contributed by atoms with Gasteiger partial charge in [0.1, 0.15) is 12.4 Å². The lowest BCUT2D eigenvalue weighted by Gasteiger charge is -2.23. The summed E-state index contributed by atoms with van der Waals surface area (Å²) in [5.41, 5.74) is 0.194. The zero-order valence-corrected chi connectivity index (χ0v) is 15.0. The van der Waals surface area contributed by atoms with E-state index in [1.165, 1.54) is 12.1 Å². The highest BCUT2D eigenvalue weighted by Crippen LogP contribution is 2.38. The summed E-state index contributed by atoms with van der Waals surface area (Å²) in [6.45, 7) is 5.93. The monoisotopic (exact) mass is 348 g/mol. The first-order valence-electron chi connectivity index (χ1n) is 8.57. The Labute approximate surface area is 147 Å². The third kappa shape index (κ3) is 4.87. The van der Waals surface area contributed by atoms with Gasteiger partial charge in [-0.25, -0.2) is 4.39 Å². The molecule has 1 aromatic rings. The SMILES string of the molecule is CC(C)CC1(C)CC(=O)N(CC(=O)NCCc2ccc(F)cc2)C1=O.